The Hall–Kier alpha value is -2.86. The minimum absolute atomic E-state index is 0.00456. The Labute approximate surface area is 153 Å². The molecular weight excluding hydrogens is 355 g/mol. The van der Waals surface area contributed by atoms with Crippen LogP contribution >= 0.6 is 11.3 Å². The normalized spacial score (nSPS) is 11.9. The van der Waals surface area contributed by atoms with E-state index in [2.05, 4.69) is 0 Å². The van der Waals surface area contributed by atoms with Gasteiger partial charge in [0, 0.05) is 16.0 Å². The van der Waals surface area contributed by atoms with Gasteiger partial charge in [-0.3, -0.25) is 0 Å². The number of rotatable bonds is 4. The maximum Gasteiger partial charge on any atom is 0.348 e. The fourth-order valence-corrected chi connectivity index (χ4v) is 3.91. The average Bonchev–Trinajstić information content (AvgIpc) is 3.11. The summed E-state index contributed by atoms with van der Waals surface area (Å²) in [5.74, 6) is 0.0552. The third kappa shape index (κ3) is 3.04. The van der Waals surface area contributed by atoms with Crippen LogP contribution in [0, 0.1) is 5.82 Å². The van der Waals surface area contributed by atoms with Gasteiger partial charge in [0.2, 0.25) is 0 Å². The van der Waals surface area contributed by atoms with Gasteiger partial charge in [0.05, 0.1) is 7.11 Å². The molecule has 0 N–H and O–H groups in total. The van der Waals surface area contributed by atoms with Crippen LogP contribution in [0.1, 0.15) is 20.8 Å². The third-order valence-electron chi connectivity index (χ3n) is 4.11. The van der Waals surface area contributed by atoms with E-state index >= 15 is 0 Å². The summed E-state index contributed by atoms with van der Waals surface area (Å²) in [4.78, 5) is 13.9. The van der Waals surface area contributed by atoms with E-state index < -0.39 is 11.8 Å². The summed E-state index contributed by atoms with van der Waals surface area (Å²) in [5.41, 5.74) is 2.51. The molecule has 1 aliphatic heterocycles. The monoisotopic (exact) mass is 370 g/mol. The van der Waals surface area contributed by atoms with Gasteiger partial charge < -0.3 is 14.2 Å². The zero-order valence-electron chi connectivity index (χ0n) is 14.0. The van der Waals surface area contributed by atoms with Gasteiger partial charge in [-0.05, 0) is 35.9 Å². The van der Waals surface area contributed by atoms with Crippen LogP contribution in [0.2, 0.25) is 0 Å². The van der Waals surface area contributed by atoms with Gasteiger partial charge in [-0.2, -0.15) is 0 Å². The number of esters is 1. The van der Waals surface area contributed by atoms with Crippen LogP contribution in [-0.4, -0.2) is 13.1 Å². The lowest BCUT2D eigenvalue weighted by Gasteiger charge is -2.16. The van der Waals surface area contributed by atoms with E-state index in [4.69, 9.17) is 14.2 Å². The molecule has 3 aromatic rings. The van der Waals surface area contributed by atoms with E-state index in [-0.39, 0.29) is 12.4 Å². The highest BCUT2D eigenvalue weighted by Crippen LogP contribution is 2.42. The number of methoxy groups -OCH3 is 1. The van der Waals surface area contributed by atoms with Crippen molar-refractivity contribution in [1.82, 2.24) is 0 Å². The van der Waals surface area contributed by atoms with Crippen molar-refractivity contribution in [3.05, 3.63) is 70.4 Å². The second kappa shape index (κ2) is 6.80. The lowest BCUT2D eigenvalue weighted by Crippen LogP contribution is -2.04. The minimum atomic E-state index is -0.485. The number of ether oxygens (including phenoxy) is 3. The van der Waals surface area contributed by atoms with Crippen LogP contribution in [0.3, 0.4) is 0 Å². The Balaban J connectivity index is 1.50. The summed E-state index contributed by atoms with van der Waals surface area (Å²) in [6.45, 7) is 0.426. The highest BCUT2D eigenvalue weighted by atomic mass is 32.1. The molecule has 4 nitrogen and oxygen atoms in total. The van der Waals surface area contributed by atoms with Gasteiger partial charge in [0.25, 0.3) is 0 Å². The van der Waals surface area contributed by atoms with Gasteiger partial charge in [-0.25, -0.2) is 9.18 Å². The highest BCUT2D eigenvalue weighted by Gasteiger charge is 2.23. The van der Waals surface area contributed by atoms with Crippen LogP contribution in [0.5, 0.6) is 11.5 Å². The van der Waals surface area contributed by atoms with E-state index in [0.29, 0.717) is 17.0 Å². The van der Waals surface area contributed by atoms with Crippen molar-refractivity contribution >= 4 is 17.3 Å². The molecule has 1 aromatic heterocycles. The van der Waals surface area contributed by atoms with E-state index in [9.17, 15) is 9.18 Å². The Kier molecular flexibility index (Phi) is 4.34. The fraction of sp³-hybridized carbons (Fsp3) is 0.150. The van der Waals surface area contributed by atoms with Crippen molar-refractivity contribution in [3.8, 4) is 21.9 Å². The van der Waals surface area contributed by atoms with Crippen molar-refractivity contribution in [1.29, 1.82) is 0 Å². The predicted octanol–water partition coefficient (Wildman–Crippen LogP) is 4.81. The summed E-state index contributed by atoms with van der Waals surface area (Å²) in [6, 6.07) is 14.0. The predicted molar refractivity (Wildman–Crippen MR) is 96.2 cm³/mol. The smallest absolute Gasteiger partial charge is 0.348 e. The summed E-state index contributed by atoms with van der Waals surface area (Å²) in [5, 5.41) is 0. The standard InChI is InChI=1S/C20H15FO4S/c1-23-17-7-6-12(8-15(17)21)10-25-20(22)18-9-13-11-24-16-5-3-2-4-14(16)19(13)26-18/h2-9H,10-11H2,1H3. The van der Waals surface area contributed by atoms with Gasteiger partial charge in [0.1, 0.15) is 23.8 Å². The Morgan fingerprint density at radius 3 is 2.88 bits per heavy atom. The fourth-order valence-electron chi connectivity index (χ4n) is 2.82. The van der Waals surface area contributed by atoms with Crippen LogP contribution in [-0.2, 0) is 18.0 Å². The number of carbonyl (C=O) groups is 1. The van der Waals surface area contributed by atoms with Crippen molar-refractivity contribution < 1.29 is 23.4 Å². The molecule has 0 fully saturated rings. The summed E-state index contributed by atoms with van der Waals surface area (Å²) >= 11 is 1.38. The third-order valence-corrected chi connectivity index (χ3v) is 5.30. The molecule has 4 rings (SSSR count). The molecule has 0 unspecified atom stereocenters. The second-order valence-corrected chi connectivity index (χ2v) is 6.85. The highest BCUT2D eigenvalue weighted by molar-refractivity contribution is 7.17. The molecule has 2 heterocycles. The molecule has 2 aromatic carbocycles. The average molecular weight is 370 g/mol. The zero-order chi connectivity index (χ0) is 18.1. The van der Waals surface area contributed by atoms with E-state index in [1.807, 2.05) is 24.3 Å². The van der Waals surface area contributed by atoms with Crippen molar-refractivity contribution in [2.24, 2.45) is 0 Å². The Morgan fingerprint density at radius 1 is 1.23 bits per heavy atom. The molecule has 0 saturated heterocycles. The first kappa shape index (κ1) is 16.6. The van der Waals surface area contributed by atoms with Crippen LogP contribution in [0.25, 0.3) is 10.4 Å². The van der Waals surface area contributed by atoms with Crippen LogP contribution in [0.4, 0.5) is 4.39 Å². The maximum atomic E-state index is 13.7. The molecule has 1 aliphatic rings. The minimum Gasteiger partial charge on any atom is -0.494 e. The number of hydrogen-bond donors (Lipinski definition) is 0. The van der Waals surface area contributed by atoms with Crippen molar-refractivity contribution in [2.45, 2.75) is 13.2 Å². The van der Waals surface area contributed by atoms with E-state index in [1.54, 1.807) is 12.1 Å². The van der Waals surface area contributed by atoms with Crippen molar-refractivity contribution in [3.63, 3.8) is 0 Å². The SMILES string of the molecule is COc1ccc(COC(=O)c2cc3c(s2)-c2ccccc2OC3)cc1F. The summed E-state index contributed by atoms with van der Waals surface area (Å²) in [7, 11) is 1.40. The molecule has 132 valence electrons. The maximum absolute atomic E-state index is 13.7. The zero-order valence-corrected chi connectivity index (χ0v) is 14.8. The molecule has 0 aliphatic carbocycles. The second-order valence-electron chi connectivity index (χ2n) is 5.79. The quantitative estimate of drug-likeness (QED) is 0.618. The molecule has 0 spiro atoms. The van der Waals surface area contributed by atoms with Crippen LogP contribution in [0.15, 0.2) is 48.5 Å². The first-order chi connectivity index (χ1) is 12.7. The topological polar surface area (TPSA) is 44.8 Å². The number of fused-ring (bicyclic) bond motifs is 3. The van der Waals surface area contributed by atoms with Crippen LogP contribution < -0.4 is 9.47 Å². The van der Waals surface area contributed by atoms with Gasteiger partial charge >= 0.3 is 5.97 Å². The Morgan fingerprint density at radius 2 is 2.08 bits per heavy atom. The lowest BCUT2D eigenvalue weighted by molar-refractivity contribution is 0.0478. The van der Waals surface area contributed by atoms with Gasteiger partial charge in [-0.1, -0.05) is 18.2 Å². The number of benzene rings is 2. The lowest BCUT2D eigenvalue weighted by atomic mass is 10.1. The molecule has 0 atom stereocenters. The summed E-state index contributed by atoms with van der Waals surface area (Å²) in [6.07, 6.45) is 0. The van der Waals surface area contributed by atoms with Gasteiger partial charge in [0.15, 0.2) is 11.6 Å². The number of carbonyl (C=O) groups excluding carboxylic acids is 1. The van der Waals surface area contributed by atoms with Crippen molar-refractivity contribution in [2.75, 3.05) is 7.11 Å². The molecule has 0 radical (unpaired) electrons. The molecule has 26 heavy (non-hydrogen) atoms. The molecular formula is C20H15FO4S. The van der Waals surface area contributed by atoms with E-state index in [1.165, 1.54) is 30.6 Å². The number of thiophene rings is 1. The summed E-state index contributed by atoms with van der Waals surface area (Å²) < 4.78 is 29.6. The molecule has 6 heteroatoms. The van der Waals surface area contributed by atoms with E-state index in [0.717, 1.165) is 21.8 Å². The largest absolute Gasteiger partial charge is 0.494 e. The molecule has 0 amide bonds. The first-order valence-electron chi connectivity index (χ1n) is 8.00. The Bertz CT molecular complexity index is 980. The molecule has 0 bridgehead atoms. The van der Waals surface area contributed by atoms with Gasteiger partial charge in [-0.15, -0.1) is 11.3 Å². The number of para-hydroxylation sites is 1. The first-order valence-corrected chi connectivity index (χ1v) is 8.82. The number of halogens is 1. The number of hydrogen-bond acceptors (Lipinski definition) is 5. The molecule has 0 saturated carbocycles.